The molecule has 2 aromatic carbocycles. The molecule has 116 valence electrons. The minimum atomic E-state index is -3.21. The Labute approximate surface area is 138 Å². The van der Waals surface area contributed by atoms with Crippen LogP contribution in [0.2, 0.25) is 0 Å². The van der Waals surface area contributed by atoms with Crippen molar-refractivity contribution in [2.75, 3.05) is 6.26 Å². The van der Waals surface area contributed by atoms with Crippen LogP contribution in [0.4, 0.5) is 0 Å². The Morgan fingerprint density at radius 1 is 1.05 bits per heavy atom. The van der Waals surface area contributed by atoms with E-state index in [9.17, 15) is 13.2 Å². The zero-order chi connectivity index (χ0) is 16.3. The van der Waals surface area contributed by atoms with Gasteiger partial charge in [-0.1, -0.05) is 28.1 Å². The fraction of sp³-hybridized carbons (Fsp3) is 0.188. The molecule has 4 nitrogen and oxygen atoms in total. The third-order valence-corrected chi connectivity index (χ3v) is 4.92. The second kappa shape index (κ2) is 6.62. The van der Waals surface area contributed by atoms with E-state index in [1.807, 2.05) is 6.92 Å². The fourth-order valence-corrected chi connectivity index (χ4v) is 2.86. The Balaban J connectivity index is 2.10. The van der Waals surface area contributed by atoms with Crippen molar-refractivity contribution in [1.29, 1.82) is 0 Å². The van der Waals surface area contributed by atoms with Crippen molar-refractivity contribution < 1.29 is 13.2 Å². The van der Waals surface area contributed by atoms with Gasteiger partial charge in [-0.25, -0.2) is 8.42 Å². The number of rotatable bonds is 4. The van der Waals surface area contributed by atoms with Crippen LogP contribution in [0, 0.1) is 0 Å². The van der Waals surface area contributed by atoms with Crippen LogP contribution >= 0.6 is 15.9 Å². The summed E-state index contributed by atoms with van der Waals surface area (Å²) < 4.78 is 23.8. The third-order valence-electron chi connectivity index (χ3n) is 3.26. The van der Waals surface area contributed by atoms with Gasteiger partial charge in [0.15, 0.2) is 9.84 Å². The van der Waals surface area contributed by atoms with Crippen molar-refractivity contribution in [3.63, 3.8) is 0 Å². The van der Waals surface area contributed by atoms with Crippen molar-refractivity contribution in [3.05, 3.63) is 64.1 Å². The van der Waals surface area contributed by atoms with Crippen LogP contribution < -0.4 is 5.32 Å². The largest absolute Gasteiger partial charge is 0.346 e. The topological polar surface area (TPSA) is 63.2 Å². The minimum absolute atomic E-state index is 0.174. The van der Waals surface area contributed by atoms with E-state index in [1.165, 1.54) is 6.26 Å². The molecule has 0 bridgehead atoms. The molecular weight excluding hydrogens is 366 g/mol. The molecule has 0 heterocycles. The van der Waals surface area contributed by atoms with Crippen molar-refractivity contribution in [1.82, 2.24) is 5.32 Å². The average Bonchev–Trinajstić information content (AvgIpc) is 2.47. The zero-order valence-electron chi connectivity index (χ0n) is 12.2. The van der Waals surface area contributed by atoms with Gasteiger partial charge in [0, 0.05) is 16.3 Å². The second-order valence-corrected chi connectivity index (χ2v) is 7.97. The van der Waals surface area contributed by atoms with E-state index in [1.54, 1.807) is 48.5 Å². The average molecular weight is 382 g/mol. The monoisotopic (exact) mass is 381 g/mol. The standard InChI is InChI=1S/C16H16BrNO3S/c1-11(12-5-9-15(10-6-12)22(2,20)21)18-16(19)13-3-7-14(17)8-4-13/h3-11H,1-2H3,(H,18,19)/t11-/m0/s1. The number of hydrogen-bond acceptors (Lipinski definition) is 3. The Hall–Kier alpha value is -1.66. The summed E-state index contributed by atoms with van der Waals surface area (Å²) in [6.45, 7) is 1.85. The van der Waals surface area contributed by atoms with Crippen molar-refractivity contribution in [2.45, 2.75) is 17.9 Å². The Bertz CT molecular complexity index is 768. The molecule has 6 heteroatoms. The summed E-state index contributed by atoms with van der Waals surface area (Å²) in [7, 11) is -3.21. The summed E-state index contributed by atoms with van der Waals surface area (Å²) >= 11 is 3.32. The first kappa shape index (κ1) is 16.7. The number of sulfone groups is 1. The van der Waals surface area contributed by atoms with Crippen molar-refractivity contribution >= 4 is 31.7 Å². The second-order valence-electron chi connectivity index (χ2n) is 5.04. The highest BCUT2D eigenvalue weighted by Crippen LogP contribution is 2.17. The first-order chi connectivity index (χ1) is 10.3. The number of nitrogens with one attached hydrogen (secondary N) is 1. The van der Waals surface area contributed by atoms with Gasteiger partial charge in [-0.15, -0.1) is 0 Å². The molecule has 0 spiro atoms. The molecule has 0 saturated heterocycles. The van der Waals surface area contributed by atoms with Crippen LogP contribution in [0.3, 0.4) is 0 Å². The maximum absolute atomic E-state index is 12.1. The number of benzene rings is 2. The zero-order valence-corrected chi connectivity index (χ0v) is 14.6. The molecule has 0 aliphatic carbocycles. The number of carbonyl (C=O) groups excluding carboxylic acids is 1. The van der Waals surface area contributed by atoms with Gasteiger partial charge in [0.2, 0.25) is 0 Å². The molecule has 1 N–H and O–H groups in total. The van der Waals surface area contributed by atoms with Gasteiger partial charge in [0.25, 0.3) is 5.91 Å². The van der Waals surface area contributed by atoms with Gasteiger partial charge >= 0.3 is 0 Å². The lowest BCUT2D eigenvalue weighted by molar-refractivity contribution is 0.0940. The molecule has 0 aliphatic rings. The highest BCUT2D eigenvalue weighted by molar-refractivity contribution is 9.10. The molecule has 0 fully saturated rings. The van der Waals surface area contributed by atoms with Crippen LogP contribution in [-0.2, 0) is 9.84 Å². The van der Waals surface area contributed by atoms with Gasteiger partial charge in [-0.3, -0.25) is 4.79 Å². The lowest BCUT2D eigenvalue weighted by Gasteiger charge is -2.15. The molecule has 0 aromatic heterocycles. The quantitative estimate of drug-likeness (QED) is 0.882. The fourth-order valence-electron chi connectivity index (χ4n) is 1.97. The minimum Gasteiger partial charge on any atom is -0.346 e. The summed E-state index contributed by atoms with van der Waals surface area (Å²) in [4.78, 5) is 12.4. The number of hydrogen-bond donors (Lipinski definition) is 1. The molecule has 2 rings (SSSR count). The molecule has 0 aliphatic heterocycles. The number of amides is 1. The summed E-state index contributed by atoms with van der Waals surface area (Å²) in [5, 5.41) is 2.89. The molecule has 0 saturated carbocycles. The predicted molar refractivity (Wildman–Crippen MR) is 89.6 cm³/mol. The Kier molecular flexibility index (Phi) is 5.03. The van der Waals surface area contributed by atoms with E-state index in [-0.39, 0.29) is 16.8 Å². The molecule has 1 amide bonds. The first-order valence-electron chi connectivity index (χ1n) is 6.64. The predicted octanol–water partition coefficient (Wildman–Crippen LogP) is 3.34. The summed E-state index contributed by atoms with van der Waals surface area (Å²) in [6, 6.07) is 13.4. The third kappa shape index (κ3) is 4.18. The Morgan fingerprint density at radius 2 is 1.59 bits per heavy atom. The van der Waals surface area contributed by atoms with E-state index < -0.39 is 9.84 Å². The molecular formula is C16H16BrNO3S. The lowest BCUT2D eigenvalue weighted by Crippen LogP contribution is -2.26. The van der Waals surface area contributed by atoms with E-state index >= 15 is 0 Å². The van der Waals surface area contributed by atoms with Crippen LogP contribution in [0.25, 0.3) is 0 Å². The number of halogens is 1. The van der Waals surface area contributed by atoms with E-state index in [4.69, 9.17) is 0 Å². The van der Waals surface area contributed by atoms with Crippen LogP contribution in [0.15, 0.2) is 57.9 Å². The number of carbonyl (C=O) groups is 1. The lowest BCUT2D eigenvalue weighted by atomic mass is 10.1. The maximum Gasteiger partial charge on any atom is 0.251 e. The normalized spacial score (nSPS) is 12.7. The van der Waals surface area contributed by atoms with Gasteiger partial charge < -0.3 is 5.32 Å². The SMILES string of the molecule is C[C@H](NC(=O)c1ccc(Br)cc1)c1ccc(S(C)(=O)=O)cc1. The molecule has 2 aromatic rings. The van der Waals surface area contributed by atoms with Crippen molar-refractivity contribution in [3.8, 4) is 0 Å². The van der Waals surface area contributed by atoms with Gasteiger partial charge in [-0.05, 0) is 48.9 Å². The van der Waals surface area contributed by atoms with E-state index in [0.717, 1.165) is 10.0 Å². The highest BCUT2D eigenvalue weighted by Gasteiger charge is 2.13. The van der Waals surface area contributed by atoms with Crippen LogP contribution in [-0.4, -0.2) is 20.6 Å². The molecule has 0 unspecified atom stereocenters. The summed E-state index contributed by atoms with van der Waals surface area (Å²) in [6.07, 6.45) is 1.17. The van der Waals surface area contributed by atoms with Gasteiger partial charge in [-0.2, -0.15) is 0 Å². The van der Waals surface area contributed by atoms with Gasteiger partial charge in [0.05, 0.1) is 10.9 Å². The van der Waals surface area contributed by atoms with Crippen LogP contribution in [0.5, 0.6) is 0 Å². The maximum atomic E-state index is 12.1. The highest BCUT2D eigenvalue weighted by atomic mass is 79.9. The first-order valence-corrected chi connectivity index (χ1v) is 9.32. The van der Waals surface area contributed by atoms with Crippen LogP contribution in [0.1, 0.15) is 28.9 Å². The molecule has 1 atom stereocenters. The smallest absolute Gasteiger partial charge is 0.251 e. The van der Waals surface area contributed by atoms with Gasteiger partial charge in [0.1, 0.15) is 0 Å². The van der Waals surface area contributed by atoms with Crippen molar-refractivity contribution in [2.24, 2.45) is 0 Å². The van der Waals surface area contributed by atoms with E-state index in [0.29, 0.717) is 5.56 Å². The Morgan fingerprint density at radius 3 is 2.09 bits per heavy atom. The summed E-state index contributed by atoms with van der Waals surface area (Å²) in [5.74, 6) is -0.174. The van der Waals surface area contributed by atoms with E-state index in [2.05, 4.69) is 21.2 Å². The molecule has 0 radical (unpaired) electrons. The summed E-state index contributed by atoms with van der Waals surface area (Å²) in [5.41, 5.74) is 1.42. The molecule has 22 heavy (non-hydrogen) atoms.